The molecule has 2 aliphatic heterocycles. The Balaban J connectivity index is 1.80. The minimum Gasteiger partial charge on any atom is -0.345 e. The number of rotatable bonds is 2. The second kappa shape index (κ2) is 6.47. The minimum atomic E-state index is -0.190. The molecule has 0 N–H and O–H groups in total. The van der Waals surface area contributed by atoms with E-state index in [1.807, 2.05) is 4.90 Å². The predicted octanol–water partition coefficient (Wildman–Crippen LogP) is 2.97. The first-order chi connectivity index (χ1) is 11.3. The van der Waals surface area contributed by atoms with E-state index in [2.05, 4.69) is 26.2 Å². The summed E-state index contributed by atoms with van der Waals surface area (Å²) < 4.78 is 0. The van der Waals surface area contributed by atoms with Crippen LogP contribution in [0.4, 0.5) is 0 Å². The van der Waals surface area contributed by atoms with Gasteiger partial charge in [-0.3, -0.25) is 9.59 Å². The minimum absolute atomic E-state index is 0.0266. The summed E-state index contributed by atoms with van der Waals surface area (Å²) in [6.45, 7) is 7.81. The summed E-state index contributed by atoms with van der Waals surface area (Å²) in [6, 6.07) is 0.0772. The summed E-state index contributed by atoms with van der Waals surface area (Å²) >= 11 is 1.67. The monoisotopic (exact) mass is 349 g/mol. The fraction of sp³-hybridized carbons (Fsp3) is 0.722. The topological polar surface area (TPSA) is 53.5 Å². The average molecular weight is 350 g/mol. The van der Waals surface area contributed by atoms with Crippen LogP contribution in [-0.4, -0.2) is 46.7 Å². The molecular formula is C18H27N3O2S. The number of nitrogens with zero attached hydrogens (tertiary/aromatic N) is 3. The quantitative estimate of drug-likeness (QED) is 0.825. The van der Waals surface area contributed by atoms with Gasteiger partial charge < -0.3 is 9.80 Å². The van der Waals surface area contributed by atoms with Gasteiger partial charge in [-0.15, -0.1) is 11.3 Å². The second-order valence-electron chi connectivity index (χ2n) is 8.04. The molecular weight excluding hydrogens is 322 g/mol. The fourth-order valence-electron chi connectivity index (χ4n) is 3.50. The van der Waals surface area contributed by atoms with Crippen molar-refractivity contribution >= 4 is 23.2 Å². The Morgan fingerprint density at radius 1 is 1.33 bits per heavy atom. The third-order valence-electron chi connectivity index (χ3n) is 5.05. The zero-order valence-electron chi connectivity index (χ0n) is 15.0. The maximum Gasteiger partial charge on any atom is 0.228 e. The molecule has 2 atom stereocenters. The van der Waals surface area contributed by atoms with Crippen molar-refractivity contribution in [2.24, 2.45) is 5.92 Å². The van der Waals surface area contributed by atoms with Crippen molar-refractivity contribution in [2.45, 2.75) is 57.9 Å². The standard InChI is InChI=1S/C18H27N3O2S/c1-18(2,3)14-11-24-16(19-14)13-7-5-6-8-21(13)17(23)12-9-15(22)20(4)10-12/h11-13H,5-10H2,1-4H3/t12-,13+/m1/s1. The first-order valence-corrected chi connectivity index (χ1v) is 9.65. The van der Waals surface area contributed by atoms with E-state index in [9.17, 15) is 9.59 Å². The van der Waals surface area contributed by atoms with Gasteiger partial charge in [-0.1, -0.05) is 20.8 Å². The maximum atomic E-state index is 13.0. The van der Waals surface area contributed by atoms with E-state index in [0.717, 1.165) is 36.5 Å². The number of carbonyl (C=O) groups excluding carboxylic acids is 2. The van der Waals surface area contributed by atoms with Gasteiger partial charge in [0.05, 0.1) is 17.7 Å². The first kappa shape index (κ1) is 17.4. The number of thiazole rings is 1. The second-order valence-corrected chi connectivity index (χ2v) is 8.93. The van der Waals surface area contributed by atoms with Crippen LogP contribution in [0.3, 0.4) is 0 Å². The molecule has 132 valence electrons. The Kier molecular flexibility index (Phi) is 4.69. The van der Waals surface area contributed by atoms with Gasteiger partial charge in [-0.2, -0.15) is 0 Å². The lowest BCUT2D eigenvalue weighted by atomic mass is 9.93. The Labute approximate surface area is 148 Å². The Morgan fingerprint density at radius 3 is 2.67 bits per heavy atom. The zero-order valence-corrected chi connectivity index (χ0v) is 15.9. The molecule has 0 radical (unpaired) electrons. The predicted molar refractivity (Wildman–Crippen MR) is 94.9 cm³/mol. The maximum absolute atomic E-state index is 13.0. The lowest BCUT2D eigenvalue weighted by Gasteiger charge is -2.36. The molecule has 0 saturated carbocycles. The van der Waals surface area contributed by atoms with Crippen molar-refractivity contribution in [3.63, 3.8) is 0 Å². The van der Waals surface area contributed by atoms with Crippen LogP contribution in [0.25, 0.3) is 0 Å². The average Bonchev–Trinajstić information content (AvgIpc) is 3.14. The summed E-state index contributed by atoms with van der Waals surface area (Å²) in [6.07, 6.45) is 3.49. The van der Waals surface area contributed by atoms with E-state index in [0.29, 0.717) is 13.0 Å². The normalized spacial score (nSPS) is 25.4. The molecule has 24 heavy (non-hydrogen) atoms. The number of amides is 2. The van der Waals surface area contributed by atoms with Crippen molar-refractivity contribution in [3.05, 3.63) is 16.1 Å². The highest BCUT2D eigenvalue weighted by atomic mass is 32.1. The fourth-order valence-corrected chi connectivity index (χ4v) is 4.69. The molecule has 0 aromatic carbocycles. The van der Waals surface area contributed by atoms with Gasteiger partial charge in [-0.25, -0.2) is 4.98 Å². The van der Waals surface area contributed by atoms with Crippen LogP contribution >= 0.6 is 11.3 Å². The largest absolute Gasteiger partial charge is 0.345 e. The van der Waals surface area contributed by atoms with E-state index in [1.165, 1.54) is 0 Å². The zero-order chi connectivity index (χ0) is 17.5. The highest BCUT2D eigenvalue weighted by Gasteiger charge is 2.39. The molecule has 2 fully saturated rings. The van der Waals surface area contributed by atoms with Crippen LogP contribution in [0.1, 0.15) is 63.2 Å². The number of hydrogen-bond donors (Lipinski definition) is 0. The Morgan fingerprint density at radius 2 is 2.08 bits per heavy atom. The van der Waals surface area contributed by atoms with Gasteiger partial charge >= 0.3 is 0 Å². The molecule has 0 spiro atoms. The Bertz CT molecular complexity index is 634. The van der Waals surface area contributed by atoms with Gasteiger partial charge in [0.25, 0.3) is 0 Å². The molecule has 0 unspecified atom stereocenters. The molecule has 2 saturated heterocycles. The lowest BCUT2D eigenvalue weighted by molar-refractivity contribution is -0.139. The van der Waals surface area contributed by atoms with E-state index in [1.54, 1.807) is 23.3 Å². The molecule has 3 rings (SSSR count). The highest BCUT2D eigenvalue weighted by molar-refractivity contribution is 7.09. The Hall–Kier alpha value is -1.43. The SMILES string of the molecule is CN1C[C@H](C(=O)N2CCCC[C@H]2c2nc(C(C)(C)C)cs2)CC1=O. The number of carbonyl (C=O) groups is 2. The molecule has 2 aliphatic rings. The van der Waals surface area contributed by atoms with Gasteiger partial charge in [0, 0.05) is 37.4 Å². The van der Waals surface area contributed by atoms with Crippen molar-refractivity contribution in [1.29, 1.82) is 0 Å². The molecule has 3 heterocycles. The summed E-state index contributed by atoms with van der Waals surface area (Å²) in [7, 11) is 1.78. The van der Waals surface area contributed by atoms with Gasteiger partial charge in [0.15, 0.2) is 0 Å². The van der Waals surface area contributed by atoms with Crippen molar-refractivity contribution in [2.75, 3.05) is 20.1 Å². The van der Waals surface area contributed by atoms with Crippen LogP contribution in [0, 0.1) is 5.92 Å². The van der Waals surface area contributed by atoms with E-state index < -0.39 is 0 Å². The summed E-state index contributed by atoms with van der Waals surface area (Å²) in [5.74, 6) is 0.0150. The lowest BCUT2D eigenvalue weighted by Crippen LogP contribution is -2.42. The van der Waals surface area contributed by atoms with E-state index in [-0.39, 0.29) is 29.2 Å². The molecule has 5 nitrogen and oxygen atoms in total. The molecule has 1 aromatic heterocycles. The number of hydrogen-bond acceptors (Lipinski definition) is 4. The van der Waals surface area contributed by atoms with Crippen LogP contribution in [0.5, 0.6) is 0 Å². The summed E-state index contributed by atoms with van der Waals surface area (Å²) in [5.41, 5.74) is 1.12. The van der Waals surface area contributed by atoms with Crippen LogP contribution < -0.4 is 0 Å². The molecule has 6 heteroatoms. The van der Waals surface area contributed by atoms with Crippen molar-refractivity contribution in [3.8, 4) is 0 Å². The van der Waals surface area contributed by atoms with Gasteiger partial charge in [-0.05, 0) is 19.3 Å². The van der Waals surface area contributed by atoms with Crippen LogP contribution in [-0.2, 0) is 15.0 Å². The first-order valence-electron chi connectivity index (χ1n) is 8.77. The van der Waals surface area contributed by atoms with Crippen LogP contribution in [0.2, 0.25) is 0 Å². The molecule has 0 aliphatic carbocycles. The number of piperidine rings is 1. The number of aromatic nitrogens is 1. The summed E-state index contributed by atoms with van der Waals surface area (Å²) in [4.78, 5) is 33.3. The van der Waals surface area contributed by atoms with Gasteiger partial charge in [0.2, 0.25) is 11.8 Å². The summed E-state index contributed by atoms with van der Waals surface area (Å²) in [5, 5.41) is 3.17. The molecule has 1 aromatic rings. The van der Waals surface area contributed by atoms with Gasteiger partial charge in [0.1, 0.15) is 5.01 Å². The third kappa shape index (κ3) is 3.34. The van der Waals surface area contributed by atoms with Crippen molar-refractivity contribution in [1.82, 2.24) is 14.8 Å². The smallest absolute Gasteiger partial charge is 0.228 e. The molecule has 2 amide bonds. The van der Waals surface area contributed by atoms with E-state index in [4.69, 9.17) is 4.98 Å². The highest BCUT2D eigenvalue weighted by Crippen LogP contribution is 2.36. The van der Waals surface area contributed by atoms with Crippen molar-refractivity contribution < 1.29 is 9.59 Å². The molecule has 0 bridgehead atoms. The van der Waals surface area contributed by atoms with E-state index >= 15 is 0 Å². The third-order valence-corrected chi connectivity index (χ3v) is 6.00. The number of likely N-dealkylation sites (tertiary alicyclic amines) is 2. The van der Waals surface area contributed by atoms with Crippen LogP contribution in [0.15, 0.2) is 5.38 Å².